The first kappa shape index (κ1) is 19.6. The first-order valence-electron chi connectivity index (χ1n) is 9.09. The molecule has 0 aliphatic carbocycles. The van der Waals surface area contributed by atoms with E-state index in [0.717, 1.165) is 17.5 Å². The third-order valence-corrected chi connectivity index (χ3v) is 6.90. The van der Waals surface area contributed by atoms with Crippen molar-refractivity contribution in [2.45, 2.75) is 18.7 Å². The zero-order valence-corrected chi connectivity index (χ0v) is 17.1. The summed E-state index contributed by atoms with van der Waals surface area (Å²) in [6.45, 7) is 1.08. The van der Waals surface area contributed by atoms with Gasteiger partial charge in [0.2, 0.25) is 10.0 Å². The Morgan fingerprint density at radius 2 is 1.90 bits per heavy atom. The number of fused-ring (bicyclic) bond motifs is 1. The summed E-state index contributed by atoms with van der Waals surface area (Å²) in [5.41, 5.74) is 3.01. The van der Waals surface area contributed by atoms with Gasteiger partial charge in [-0.25, -0.2) is 12.8 Å². The number of halogens is 1. The third-order valence-electron chi connectivity index (χ3n) is 4.78. The Kier molecular flexibility index (Phi) is 5.38. The summed E-state index contributed by atoms with van der Waals surface area (Å²) in [7, 11) is -3.64. The molecule has 0 spiro atoms. The molecule has 0 saturated carbocycles. The fourth-order valence-corrected chi connectivity index (χ4v) is 5.25. The van der Waals surface area contributed by atoms with Crippen LogP contribution in [0.25, 0.3) is 0 Å². The zero-order chi connectivity index (χ0) is 20.4. The van der Waals surface area contributed by atoms with Crippen molar-refractivity contribution in [1.82, 2.24) is 4.90 Å². The lowest BCUT2D eigenvalue weighted by atomic mass is 9.99. The smallest absolute Gasteiger partial charge is 0.264 e. The van der Waals surface area contributed by atoms with E-state index in [1.807, 2.05) is 23.6 Å². The molecule has 1 aliphatic heterocycles. The highest BCUT2D eigenvalue weighted by Gasteiger charge is 2.23. The van der Waals surface area contributed by atoms with Crippen LogP contribution < -0.4 is 4.72 Å². The Hall–Kier alpha value is -2.71. The molecule has 0 radical (unpaired) electrons. The lowest BCUT2D eigenvalue weighted by Crippen LogP contribution is -2.35. The normalized spacial score (nSPS) is 13.8. The molecule has 2 aromatic carbocycles. The summed E-state index contributed by atoms with van der Waals surface area (Å²) in [6.07, 6.45) is 0.731. The maximum atomic E-state index is 13.0. The molecule has 150 valence electrons. The highest BCUT2D eigenvalue weighted by Crippen LogP contribution is 2.25. The van der Waals surface area contributed by atoms with E-state index < -0.39 is 15.8 Å². The second-order valence-corrected chi connectivity index (χ2v) is 9.60. The van der Waals surface area contributed by atoms with Gasteiger partial charge >= 0.3 is 0 Å². The maximum Gasteiger partial charge on any atom is 0.264 e. The van der Waals surface area contributed by atoms with Crippen molar-refractivity contribution < 1.29 is 17.6 Å². The molecule has 1 aromatic heterocycles. The first-order chi connectivity index (χ1) is 13.9. The summed E-state index contributed by atoms with van der Waals surface area (Å²) < 4.78 is 40.6. The SMILES string of the molecule is O=C(c1cccs1)N1CCc2ccc(NS(=O)(=O)Cc3ccc(F)cc3)cc2C1. The molecular weight excluding hydrogens is 411 g/mol. The van der Waals surface area contributed by atoms with Crippen LogP contribution in [0.5, 0.6) is 0 Å². The number of thiophene rings is 1. The van der Waals surface area contributed by atoms with Gasteiger partial charge in [0.1, 0.15) is 5.82 Å². The second kappa shape index (κ2) is 7.96. The zero-order valence-electron chi connectivity index (χ0n) is 15.5. The summed E-state index contributed by atoms with van der Waals surface area (Å²) in [5, 5.41) is 1.87. The first-order valence-corrected chi connectivity index (χ1v) is 11.6. The van der Waals surface area contributed by atoms with Crippen molar-refractivity contribution in [3.63, 3.8) is 0 Å². The minimum Gasteiger partial charge on any atom is -0.333 e. The van der Waals surface area contributed by atoms with Crippen LogP contribution in [0.15, 0.2) is 60.0 Å². The van der Waals surface area contributed by atoms with Crippen molar-refractivity contribution in [3.8, 4) is 0 Å². The van der Waals surface area contributed by atoms with E-state index in [4.69, 9.17) is 0 Å². The fourth-order valence-electron chi connectivity index (χ4n) is 3.37. The standard InChI is InChI=1S/C21H19FN2O3S2/c22-18-6-3-15(4-7-18)14-29(26,27)23-19-8-5-16-9-10-24(13-17(16)12-19)21(25)20-2-1-11-28-20/h1-8,11-12,23H,9-10,13-14H2. The highest BCUT2D eigenvalue weighted by molar-refractivity contribution is 7.91. The number of anilines is 1. The van der Waals surface area contributed by atoms with Crippen molar-refractivity contribution in [3.05, 3.63) is 87.4 Å². The van der Waals surface area contributed by atoms with Gasteiger partial charge in [0.15, 0.2) is 0 Å². The van der Waals surface area contributed by atoms with Crippen LogP contribution in [0.1, 0.15) is 26.4 Å². The molecule has 29 heavy (non-hydrogen) atoms. The number of carbonyl (C=O) groups is 1. The molecule has 4 rings (SSSR count). The van der Waals surface area contributed by atoms with Crippen molar-refractivity contribution in [2.75, 3.05) is 11.3 Å². The molecule has 0 bridgehead atoms. The Bertz CT molecular complexity index is 1130. The van der Waals surface area contributed by atoms with Crippen LogP contribution in [0, 0.1) is 5.82 Å². The third kappa shape index (κ3) is 4.65. The fraction of sp³-hybridized carbons (Fsp3) is 0.190. The van der Waals surface area contributed by atoms with E-state index in [1.54, 1.807) is 17.0 Å². The highest BCUT2D eigenvalue weighted by atomic mass is 32.2. The molecule has 1 aliphatic rings. The number of benzene rings is 2. The molecule has 8 heteroatoms. The molecule has 0 unspecified atom stereocenters. The Balaban J connectivity index is 1.48. The molecule has 0 fully saturated rings. The molecule has 3 aromatic rings. The summed E-state index contributed by atoms with van der Waals surface area (Å²) >= 11 is 1.41. The van der Waals surface area contributed by atoms with E-state index in [1.165, 1.54) is 35.6 Å². The monoisotopic (exact) mass is 430 g/mol. The number of nitrogens with zero attached hydrogens (tertiary/aromatic N) is 1. The van der Waals surface area contributed by atoms with Gasteiger partial charge in [-0.1, -0.05) is 24.3 Å². The van der Waals surface area contributed by atoms with Crippen LogP contribution >= 0.6 is 11.3 Å². The maximum absolute atomic E-state index is 13.0. The Morgan fingerprint density at radius 3 is 2.62 bits per heavy atom. The van der Waals surface area contributed by atoms with E-state index >= 15 is 0 Å². The van der Waals surface area contributed by atoms with E-state index in [2.05, 4.69) is 4.72 Å². The minimum atomic E-state index is -3.64. The van der Waals surface area contributed by atoms with E-state index in [-0.39, 0.29) is 11.7 Å². The Labute approximate surface area is 172 Å². The van der Waals surface area contributed by atoms with Gasteiger partial charge in [0.25, 0.3) is 5.91 Å². The number of hydrogen-bond donors (Lipinski definition) is 1. The molecule has 0 atom stereocenters. The average Bonchev–Trinajstić information content (AvgIpc) is 3.23. The number of sulfonamides is 1. The van der Waals surface area contributed by atoms with Crippen LogP contribution in [0.4, 0.5) is 10.1 Å². The minimum absolute atomic E-state index is 0.00653. The molecule has 1 N–H and O–H groups in total. The van der Waals surface area contributed by atoms with Gasteiger partial charge in [0.05, 0.1) is 10.6 Å². The average molecular weight is 431 g/mol. The number of nitrogens with one attached hydrogen (secondary N) is 1. The van der Waals surface area contributed by atoms with Gasteiger partial charge in [0, 0.05) is 18.8 Å². The van der Waals surface area contributed by atoms with Crippen molar-refractivity contribution >= 4 is 33.0 Å². The second-order valence-electron chi connectivity index (χ2n) is 6.93. The van der Waals surface area contributed by atoms with Gasteiger partial charge < -0.3 is 4.90 Å². The summed E-state index contributed by atoms with van der Waals surface area (Å²) in [6, 6.07) is 14.5. The van der Waals surface area contributed by atoms with E-state index in [0.29, 0.717) is 29.2 Å². The van der Waals surface area contributed by atoms with Crippen LogP contribution in [-0.4, -0.2) is 25.8 Å². The molecule has 1 amide bonds. The van der Waals surface area contributed by atoms with Gasteiger partial charge in [-0.2, -0.15) is 0 Å². The Morgan fingerprint density at radius 1 is 1.10 bits per heavy atom. The van der Waals surface area contributed by atoms with Crippen molar-refractivity contribution in [1.29, 1.82) is 0 Å². The quantitative estimate of drug-likeness (QED) is 0.665. The topological polar surface area (TPSA) is 66.5 Å². The molecule has 0 saturated heterocycles. The van der Waals surface area contributed by atoms with E-state index in [9.17, 15) is 17.6 Å². The number of hydrogen-bond acceptors (Lipinski definition) is 4. The van der Waals surface area contributed by atoms with Crippen LogP contribution in [0.3, 0.4) is 0 Å². The number of carbonyl (C=O) groups excluding carboxylic acids is 1. The van der Waals surface area contributed by atoms with Crippen molar-refractivity contribution in [2.24, 2.45) is 0 Å². The summed E-state index contributed by atoms with van der Waals surface area (Å²) in [4.78, 5) is 15.1. The van der Waals surface area contributed by atoms with Gasteiger partial charge in [-0.3, -0.25) is 9.52 Å². The van der Waals surface area contributed by atoms with Crippen LogP contribution in [0.2, 0.25) is 0 Å². The predicted octanol–water partition coefficient (Wildman–Crippen LogP) is 4.03. The number of rotatable bonds is 5. The summed E-state index contributed by atoms with van der Waals surface area (Å²) in [5.74, 6) is -0.656. The largest absolute Gasteiger partial charge is 0.333 e. The van der Waals surface area contributed by atoms with Crippen LogP contribution in [-0.2, 0) is 28.7 Å². The molecule has 2 heterocycles. The lowest BCUT2D eigenvalue weighted by Gasteiger charge is -2.29. The molecule has 5 nitrogen and oxygen atoms in total. The van der Waals surface area contributed by atoms with Gasteiger partial charge in [-0.15, -0.1) is 11.3 Å². The number of amides is 1. The lowest BCUT2D eigenvalue weighted by molar-refractivity contribution is 0.0739. The predicted molar refractivity (Wildman–Crippen MR) is 112 cm³/mol. The molecular formula is C21H19FN2O3S2. The van der Waals surface area contributed by atoms with Gasteiger partial charge in [-0.05, 0) is 58.8 Å².